The molecule has 1 amide bonds. The summed E-state index contributed by atoms with van der Waals surface area (Å²) in [4.78, 5) is 11.8. The number of benzene rings is 2. The molecule has 0 fully saturated rings. The molecule has 4 nitrogen and oxygen atoms in total. The van der Waals surface area contributed by atoms with Crippen LogP contribution in [0.1, 0.15) is 22.3 Å². The van der Waals surface area contributed by atoms with E-state index in [9.17, 15) is 26.7 Å². The van der Waals surface area contributed by atoms with Gasteiger partial charge >= 0.3 is 0 Å². The lowest BCUT2D eigenvalue weighted by Crippen LogP contribution is -2.26. The molecule has 0 atom stereocenters. The molecule has 9 heteroatoms. The summed E-state index contributed by atoms with van der Waals surface area (Å²) in [7, 11) is 0. The van der Waals surface area contributed by atoms with E-state index in [-0.39, 0.29) is 6.54 Å². The lowest BCUT2D eigenvalue weighted by Gasteiger charge is -2.13. The summed E-state index contributed by atoms with van der Waals surface area (Å²) in [6, 6.07) is 3.85. The van der Waals surface area contributed by atoms with Crippen molar-refractivity contribution in [3.63, 3.8) is 0 Å². The third kappa shape index (κ3) is 4.42. The van der Waals surface area contributed by atoms with E-state index >= 15 is 0 Å². The number of nitrogens with one attached hydrogen (secondary N) is 2. The quantitative estimate of drug-likeness (QED) is 0.270. The number of rotatable bonds is 5. The highest BCUT2D eigenvalue weighted by Gasteiger charge is 2.24. The Labute approximate surface area is 152 Å². The normalized spacial score (nSPS) is 11.1. The third-order valence-electron chi connectivity index (χ3n) is 3.73. The van der Waals surface area contributed by atoms with Crippen LogP contribution in [0.2, 0.25) is 0 Å². The minimum Gasteiger partial charge on any atom is -0.376 e. The molecule has 2 rings (SSSR count). The molecule has 0 unspecified atom stereocenters. The fourth-order valence-corrected chi connectivity index (χ4v) is 2.57. The summed E-state index contributed by atoms with van der Waals surface area (Å²) in [6.07, 6.45) is 0.358. The van der Waals surface area contributed by atoms with Gasteiger partial charge in [0.05, 0.1) is 18.3 Å². The summed E-state index contributed by atoms with van der Waals surface area (Å²) in [5, 5.41) is 6.15. The van der Waals surface area contributed by atoms with Gasteiger partial charge in [-0.05, 0) is 31.9 Å². The number of aryl methyl sites for hydroxylation is 3. The minimum atomic E-state index is -2.26. The topological polar surface area (TPSA) is 53.5 Å². The Hall–Kier alpha value is -2.97. The fourth-order valence-electron chi connectivity index (χ4n) is 2.57. The number of hydrazone groups is 1. The van der Waals surface area contributed by atoms with E-state index in [1.54, 1.807) is 0 Å². The van der Waals surface area contributed by atoms with Crippen molar-refractivity contribution in [2.75, 3.05) is 11.9 Å². The maximum absolute atomic E-state index is 13.5. The Morgan fingerprint density at radius 3 is 1.93 bits per heavy atom. The fraction of sp³-hybridized carbons (Fsp3) is 0.222. The van der Waals surface area contributed by atoms with E-state index in [2.05, 4.69) is 10.4 Å². The molecule has 27 heavy (non-hydrogen) atoms. The van der Waals surface area contributed by atoms with Crippen LogP contribution < -0.4 is 10.7 Å². The van der Waals surface area contributed by atoms with E-state index in [0.717, 1.165) is 22.4 Å². The lowest BCUT2D eigenvalue weighted by molar-refractivity contribution is -0.119. The van der Waals surface area contributed by atoms with Gasteiger partial charge in [-0.3, -0.25) is 4.79 Å². The molecule has 0 spiro atoms. The van der Waals surface area contributed by atoms with E-state index in [0.29, 0.717) is 6.21 Å². The number of hydrogen-bond acceptors (Lipinski definition) is 3. The number of amides is 1. The molecule has 0 bridgehead atoms. The highest BCUT2D eigenvalue weighted by molar-refractivity contribution is 5.85. The summed E-state index contributed by atoms with van der Waals surface area (Å²) < 4.78 is 66.1. The van der Waals surface area contributed by atoms with Crippen molar-refractivity contribution < 1.29 is 26.7 Å². The molecule has 0 aliphatic heterocycles. The maximum atomic E-state index is 13.5. The second kappa shape index (κ2) is 8.15. The second-order valence-electron chi connectivity index (χ2n) is 5.90. The van der Waals surface area contributed by atoms with Gasteiger partial charge in [-0.2, -0.15) is 5.10 Å². The van der Waals surface area contributed by atoms with Gasteiger partial charge in [-0.1, -0.05) is 17.7 Å². The van der Waals surface area contributed by atoms with Gasteiger partial charge in [0.25, 0.3) is 5.91 Å². The standard InChI is InChI=1S/C18H16F5N3O/c1-8-4-9(2)18(10(3)5-8)24-7-12(27)26-25-6-11-13(19)15(21)17(23)16(22)14(11)20/h4-6,24H,7H2,1-3H3,(H,26,27)/b25-6-. The zero-order valence-electron chi connectivity index (χ0n) is 14.7. The Bertz CT molecular complexity index is 876. The predicted octanol–water partition coefficient (Wildman–Crippen LogP) is 3.87. The number of carbonyl (C=O) groups excluding carboxylic acids is 1. The van der Waals surface area contributed by atoms with E-state index in [4.69, 9.17) is 0 Å². The zero-order valence-corrected chi connectivity index (χ0v) is 14.7. The van der Waals surface area contributed by atoms with Crippen LogP contribution >= 0.6 is 0 Å². The summed E-state index contributed by atoms with van der Waals surface area (Å²) in [6.45, 7) is 5.45. The molecular weight excluding hydrogens is 369 g/mol. The summed E-state index contributed by atoms with van der Waals surface area (Å²) in [5.41, 5.74) is 4.37. The number of carbonyl (C=O) groups is 1. The molecule has 0 radical (unpaired) electrons. The first-order chi connectivity index (χ1) is 12.6. The van der Waals surface area contributed by atoms with Gasteiger partial charge in [0.15, 0.2) is 23.3 Å². The van der Waals surface area contributed by atoms with Crippen molar-refractivity contribution in [2.45, 2.75) is 20.8 Å². The highest BCUT2D eigenvalue weighted by Crippen LogP contribution is 2.22. The Balaban J connectivity index is 2.05. The SMILES string of the molecule is Cc1cc(C)c(NCC(=O)N/N=C\c2c(F)c(F)c(F)c(F)c2F)c(C)c1. The largest absolute Gasteiger partial charge is 0.376 e. The lowest BCUT2D eigenvalue weighted by atomic mass is 10.1. The van der Waals surface area contributed by atoms with Crippen LogP contribution in [-0.4, -0.2) is 18.7 Å². The first kappa shape index (κ1) is 20.3. The van der Waals surface area contributed by atoms with Gasteiger partial charge in [-0.25, -0.2) is 27.4 Å². The third-order valence-corrected chi connectivity index (χ3v) is 3.73. The van der Waals surface area contributed by atoms with E-state index in [1.807, 2.05) is 38.3 Å². The monoisotopic (exact) mass is 385 g/mol. The Morgan fingerprint density at radius 1 is 0.926 bits per heavy atom. The number of nitrogens with zero attached hydrogens (tertiary/aromatic N) is 1. The van der Waals surface area contributed by atoms with Gasteiger partial charge in [0.1, 0.15) is 0 Å². The molecule has 144 valence electrons. The molecule has 0 saturated heterocycles. The highest BCUT2D eigenvalue weighted by atomic mass is 19.2. The van der Waals surface area contributed by atoms with Crippen LogP contribution in [0.4, 0.5) is 27.6 Å². The zero-order chi connectivity index (χ0) is 20.3. The molecule has 2 aromatic carbocycles. The molecule has 0 heterocycles. The number of halogens is 5. The first-order valence-corrected chi connectivity index (χ1v) is 7.78. The number of anilines is 1. The van der Waals surface area contributed by atoms with Gasteiger partial charge in [0.2, 0.25) is 5.82 Å². The maximum Gasteiger partial charge on any atom is 0.259 e. The van der Waals surface area contributed by atoms with Crippen molar-refractivity contribution in [3.8, 4) is 0 Å². The van der Waals surface area contributed by atoms with Gasteiger partial charge in [-0.15, -0.1) is 0 Å². The van der Waals surface area contributed by atoms with Crippen molar-refractivity contribution in [1.82, 2.24) is 5.43 Å². The second-order valence-corrected chi connectivity index (χ2v) is 5.90. The smallest absolute Gasteiger partial charge is 0.259 e. The van der Waals surface area contributed by atoms with Crippen molar-refractivity contribution in [3.05, 3.63) is 63.5 Å². The molecule has 2 N–H and O–H groups in total. The van der Waals surface area contributed by atoms with Crippen LogP contribution in [0, 0.1) is 49.9 Å². The van der Waals surface area contributed by atoms with Gasteiger partial charge < -0.3 is 5.32 Å². The van der Waals surface area contributed by atoms with E-state index in [1.165, 1.54) is 0 Å². The van der Waals surface area contributed by atoms with Crippen LogP contribution in [0.25, 0.3) is 0 Å². The summed E-state index contributed by atoms with van der Waals surface area (Å²) >= 11 is 0. The minimum absolute atomic E-state index is 0.209. The molecular formula is C18H16F5N3O. The molecule has 0 aliphatic carbocycles. The molecule has 0 saturated carbocycles. The van der Waals surface area contributed by atoms with Crippen LogP contribution in [0.15, 0.2) is 17.2 Å². The van der Waals surface area contributed by atoms with Crippen molar-refractivity contribution >= 4 is 17.8 Å². The van der Waals surface area contributed by atoms with E-state index < -0.39 is 40.6 Å². The Kier molecular flexibility index (Phi) is 6.14. The average molecular weight is 385 g/mol. The van der Waals surface area contributed by atoms with Crippen LogP contribution in [0.3, 0.4) is 0 Å². The average Bonchev–Trinajstić information content (AvgIpc) is 2.60. The van der Waals surface area contributed by atoms with Gasteiger partial charge in [0, 0.05) is 5.69 Å². The van der Waals surface area contributed by atoms with Crippen molar-refractivity contribution in [1.29, 1.82) is 0 Å². The number of hydrogen-bond donors (Lipinski definition) is 2. The first-order valence-electron chi connectivity index (χ1n) is 7.78. The van der Waals surface area contributed by atoms with Crippen molar-refractivity contribution in [2.24, 2.45) is 5.10 Å². The Morgan fingerprint density at radius 2 is 1.41 bits per heavy atom. The van der Waals surface area contributed by atoms with Crippen LogP contribution in [0.5, 0.6) is 0 Å². The summed E-state index contributed by atoms with van der Waals surface area (Å²) in [5.74, 6) is -11.2. The predicted molar refractivity (Wildman–Crippen MR) is 91.1 cm³/mol. The molecule has 2 aromatic rings. The molecule has 0 aliphatic rings. The molecule has 0 aromatic heterocycles. The van der Waals surface area contributed by atoms with Crippen LogP contribution in [-0.2, 0) is 4.79 Å².